The van der Waals surface area contributed by atoms with Gasteiger partial charge in [0.25, 0.3) is 0 Å². The van der Waals surface area contributed by atoms with E-state index < -0.39 is 5.97 Å². The van der Waals surface area contributed by atoms with E-state index in [9.17, 15) is 9.59 Å². The molecule has 5 nitrogen and oxygen atoms in total. The smallest absolute Gasteiger partial charge is 0.319 e. The number of carbonyl (C=O) groups excluding carboxylic acids is 1. The summed E-state index contributed by atoms with van der Waals surface area (Å²) in [5.41, 5.74) is 1.07. The molecule has 0 fully saturated rings. The maximum Gasteiger partial charge on any atom is 0.319 e. The van der Waals surface area contributed by atoms with E-state index in [4.69, 9.17) is 11.5 Å². The van der Waals surface area contributed by atoms with Crippen molar-refractivity contribution in [1.29, 1.82) is 0 Å². The van der Waals surface area contributed by atoms with Crippen molar-refractivity contribution in [2.45, 2.75) is 6.42 Å². The second kappa shape index (κ2) is 8.88. The highest BCUT2D eigenvalue weighted by Crippen LogP contribution is 2.15. The molecule has 0 atom stereocenters. The summed E-state index contributed by atoms with van der Waals surface area (Å²) in [5.74, 6) is 2.91. The molecule has 0 saturated carbocycles. The van der Waals surface area contributed by atoms with Crippen LogP contribution >= 0.6 is 11.8 Å². The lowest BCUT2D eigenvalue weighted by Gasteiger charge is -2.10. The number of thioether (sulfide) groups is 1. The number of para-hydroxylation sites is 1. The zero-order chi connectivity index (χ0) is 14.8. The molecule has 0 aromatic heterocycles. The van der Waals surface area contributed by atoms with Crippen LogP contribution in [0.25, 0.3) is 0 Å². The van der Waals surface area contributed by atoms with Crippen LogP contribution in [0.1, 0.15) is 5.56 Å². The van der Waals surface area contributed by atoms with Crippen LogP contribution in [0.5, 0.6) is 0 Å². The average molecular weight is 292 g/mol. The normalized spacial score (nSPS) is 9.55. The fourth-order valence-corrected chi connectivity index (χ4v) is 2.00. The molecule has 3 N–H and O–H groups in total. The Hall–Kier alpha value is -2.13. The van der Waals surface area contributed by atoms with Crippen LogP contribution in [0.4, 0.5) is 10.5 Å². The monoisotopic (exact) mass is 292 g/mol. The quantitative estimate of drug-likeness (QED) is 0.529. The summed E-state index contributed by atoms with van der Waals surface area (Å²) in [6.07, 6.45) is 4.98. The number of nitrogens with one attached hydrogen (secondary N) is 2. The van der Waals surface area contributed by atoms with Crippen LogP contribution < -0.4 is 10.6 Å². The first-order valence-electron chi connectivity index (χ1n) is 5.99. The molecule has 106 valence electrons. The van der Waals surface area contributed by atoms with E-state index >= 15 is 0 Å². The minimum Gasteiger partial charge on any atom is -0.481 e. The number of amides is 2. The summed E-state index contributed by atoms with van der Waals surface area (Å²) in [6, 6.07) is 6.46. The van der Waals surface area contributed by atoms with Gasteiger partial charge in [-0.25, -0.2) is 4.79 Å². The van der Waals surface area contributed by atoms with Crippen LogP contribution in [0.15, 0.2) is 24.3 Å². The van der Waals surface area contributed by atoms with Gasteiger partial charge >= 0.3 is 12.0 Å². The zero-order valence-electron chi connectivity index (χ0n) is 10.9. The number of rotatable bonds is 7. The fourth-order valence-electron chi connectivity index (χ4n) is 1.49. The first-order valence-corrected chi connectivity index (χ1v) is 7.14. The van der Waals surface area contributed by atoms with Crippen molar-refractivity contribution in [2.75, 3.05) is 23.4 Å². The average Bonchev–Trinajstić information content (AvgIpc) is 2.40. The Morgan fingerprint density at radius 2 is 2.10 bits per heavy atom. The molecule has 0 saturated heterocycles. The summed E-state index contributed by atoms with van der Waals surface area (Å²) in [5, 5.41) is 14.1. The Kier molecular flexibility index (Phi) is 7.07. The molecule has 0 unspecified atom stereocenters. The van der Waals surface area contributed by atoms with E-state index in [0.717, 1.165) is 5.75 Å². The highest BCUT2D eigenvalue weighted by molar-refractivity contribution is 7.99. The van der Waals surface area contributed by atoms with Crippen LogP contribution in [0, 0.1) is 12.3 Å². The molecule has 20 heavy (non-hydrogen) atoms. The molecule has 1 rings (SSSR count). The van der Waals surface area contributed by atoms with Gasteiger partial charge in [0.05, 0.1) is 12.2 Å². The minimum atomic E-state index is -0.939. The van der Waals surface area contributed by atoms with Crippen molar-refractivity contribution in [1.82, 2.24) is 5.32 Å². The lowest BCUT2D eigenvalue weighted by molar-refractivity contribution is -0.136. The molecule has 6 heteroatoms. The molecule has 0 aliphatic heterocycles. The topological polar surface area (TPSA) is 78.4 Å². The number of hydrogen-bond donors (Lipinski definition) is 3. The van der Waals surface area contributed by atoms with E-state index in [-0.39, 0.29) is 12.5 Å². The Labute approximate surface area is 122 Å². The number of urea groups is 1. The number of hydrogen-bond acceptors (Lipinski definition) is 3. The summed E-state index contributed by atoms with van der Waals surface area (Å²) < 4.78 is 0. The van der Waals surface area contributed by atoms with Gasteiger partial charge in [-0.1, -0.05) is 24.1 Å². The lowest BCUT2D eigenvalue weighted by Crippen LogP contribution is -2.31. The number of carboxylic acids is 1. The standard InChI is InChI=1S/C14H16N2O3S/c1-2-8-20-9-7-15-14(19)16-12-6-4-3-5-11(12)10-13(17)18/h1,3-6H,7-10H2,(H,17,18)(H2,15,16,19). The van der Waals surface area contributed by atoms with E-state index in [0.29, 0.717) is 23.5 Å². The van der Waals surface area contributed by atoms with E-state index in [2.05, 4.69) is 16.6 Å². The van der Waals surface area contributed by atoms with Crippen molar-refractivity contribution >= 4 is 29.4 Å². The van der Waals surface area contributed by atoms with Gasteiger partial charge in [0.15, 0.2) is 0 Å². The number of carboxylic acid groups (broad SMARTS) is 1. The molecular formula is C14H16N2O3S. The first-order chi connectivity index (χ1) is 9.63. The largest absolute Gasteiger partial charge is 0.481 e. The van der Waals surface area contributed by atoms with Gasteiger partial charge in [0, 0.05) is 18.0 Å². The zero-order valence-corrected chi connectivity index (χ0v) is 11.7. The maximum absolute atomic E-state index is 11.7. The van der Waals surface area contributed by atoms with Crippen molar-refractivity contribution in [3.8, 4) is 12.3 Å². The first kappa shape index (κ1) is 15.9. The number of anilines is 1. The third-order valence-electron chi connectivity index (χ3n) is 2.32. The molecule has 0 aliphatic carbocycles. The van der Waals surface area contributed by atoms with Gasteiger partial charge in [-0.2, -0.15) is 0 Å². The van der Waals surface area contributed by atoms with Gasteiger partial charge in [0.2, 0.25) is 0 Å². The van der Waals surface area contributed by atoms with Gasteiger partial charge < -0.3 is 15.7 Å². The van der Waals surface area contributed by atoms with Crippen molar-refractivity contribution < 1.29 is 14.7 Å². The minimum absolute atomic E-state index is 0.130. The number of benzene rings is 1. The third kappa shape index (κ3) is 6.16. The number of carbonyl (C=O) groups is 2. The molecule has 0 spiro atoms. The fraction of sp³-hybridized carbons (Fsp3) is 0.286. The molecule has 0 aliphatic rings. The van der Waals surface area contributed by atoms with E-state index in [1.54, 1.807) is 36.0 Å². The highest BCUT2D eigenvalue weighted by Gasteiger charge is 2.08. The Morgan fingerprint density at radius 1 is 1.35 bits per heavy atom. The predicted octanol–water partition coefficient (Wildman–Crippen LogP) is 1.80. The van der Waals surface area contributed by atoms with Crippen molar-refractivity contribution in [3.63, 3.8) is 0 Å². The van der Waals surface area contributed by atoms with Crippen molar-refractivity contribution in [2.24, 2.45) is 0 Å². The predicted molar refractivity (Wildman–Crippen MR) is 81.0 cm³/mol. The van der Waals surface area contributed by atoms with Gasteiger partial charge in [-0.3, -0.25) is 4.79 Å². The van der Waals surface area contributed by atoms with Gasteiger partial charge in [0.1, 0.15) is 0 Å². The van der Waals surface area contributed by atoms with Crippen LogP contribution in [0.3, 0.4) is 0 Å². The van der Waals surface area contributed by atoms with Gasteiger partial charge in [-0.05, 0) is 11.6 Å². The second-order valence-corrected chi connectivity index (χ2v) is 4.97. The third-order valence-corrected chi connectivity index (χ3v) is 3.19. The summed E-state index contributed by atoms with van der Waals surface area (Å²) in [4.78, 5) is 22.4. The Morgan fingerprint density at radius 3 is 2.80 bits per heavy atom. The molecular weight excluding hydrogens is 276 g/mol. The number of aliphatic carboxylic acids is 1. The highest BCUT2D eigenvalue weighted by atomic mass is 32.2. The van der Waals surface area contributed by atoms with E-state index in [1.807, 2.05) is 0 Å². The Bertz CT molecular complexity index is 511. The second-order valence-electron chi connectivity index (χ2n) is 3.87. The molecule has 0 radical (unpaired) electrons. The van der Waals surface area contributed by atoms with Gasteiger partial charge in [-0.15, -0.1) is 18.2 Å². The number of terminal acetylenes is 1. The summed E-state index contributed by atoms with van der Waals surface area (Å²) >= 11 is 1.56. The molecule has 0 bridgehead atoms. The SMILES string of the molecule is C#CCSCCNC(=O)Nc1ccccc1CC(=O)O. The lowest BCUT2D eigenvalue weighted by atomic mass is 10.1. The Balaban J connectivity index is 2.45. The van der Waals surface area contributed by atoms with Crippen LogP contribution in [-0.4, -0.2) is 35.2 Å². The van der Waals surface area contributed by atoms with Crippen LogP contribution in [0.2, 0.25) is 0 Å². The summed E-state index contributed by atoms with van der Waals surface area (Å²) in [7, 11) is 0. The van der Waals surface area contributed by atoms with Crippen molar-refractivity contribution in [3.05, 3.63) is 29.8 Å². The maximum atomic E-state index is 11.7. The molecule has 1 aromatic carbocycles. The molecule has 2 amide bonds. The molecule has 1 aromatic rings. The molecule has 0 heterocycles. The van der Waals surface area contributed by atoms with Crippen LogP contribution in [-0.2, 0) is 11.2 Å². The summed E-state index contributed by atoms with van der Waals surface area (Å²) in [6.45, 7) is 0.499. The van der Waals surface area contributed by atoms with E-state index in [1.165, 1.54) is 0 Å².